The molecule has 1 atom stereocenters. The summed E-state index contributed by atoms with van der Waals surface area (Å²) in [5.41, 5.74) is 0.00623. The molecule has 0 heterocycles. The molecular formula is C16H10BrNO2. The van der Waals surface area contributed by atoms with E-state index in [1.54, 1.807) is 13.0 Å². The quantitative estimate of drug-likeness (QED) is 0.849. The average molecular weight is 328 g/mol. The third kappa shape index (κ3) is 2.43. The Kier molecular flexibility index (Phi) is 3.04. The highest BCUT2D eigenvalue weighted by molar-refractivity contribution is 9.10. The maximum absolute atomic E-state index is 11.9. The van der Waals surface area contributed by atoms with Gasteiger partial charge in [-0.1, -0.05) is 39.9 Å². The highest BCUT2D eigenvalue weighted by Gasteiger charge is 2.30. The van der Waals surface area contributed by atoms with Crippen molar-refractivity contribution >= 4 is 38.5 Å². The molecule has 0 spiro atoms. The van der Waals surface area contributed by atoms with Gasteiger partial charge in [0, 0.05) is 15.2 Å². The Balaban J connectivity index is 1.87. The van der Waals surface area contributed by atoms with Crippen LogP contribution in [0.3, 0.4) is 0 Å². The van der Waals surface area contributed by atoms with Crippen LogP contribution >= 0.6 is 15.9 Å². The van der Waals surface area contributed by atoms with Gasteiger partial charge in [-0.25, -0.2) is 4.79 Å². The number of halogens is 1. The predicted octanol–water partition coefficient (Wildman–Crippen LogP) is 3.92. The van der Waals surface area contributed by atoms with Crippen molar-refractivity contribution in [3.05, 3.63) is 40.9 Å². The fraction of sp³-hybridized carbons (Fsp3) is 0.188. The molecule has 1 amide bonds. The van der Waals surface area contributed by atoms with Gasteiger partial charge in [0.2, 0.25) is 0 Å². The summed E-state index contributed by atoms with van der Waals surface area (Å²) in [5, 5.41) is 4.51. The fourth-order valence-corrected chi connectivity index (χ4v) is 2.45. The van der Waals surface area contributed by atoms with Crippen LogP contribution in [-0.4, -0.2) is 11.7 Å². The van der Waals surface area contributed by atoms with E-state index in [1.807, 2.05) is 18.2 Å². The number of hydrogen-bond acceptors (Lipinski definition) is 2. The largest absolute Gasteiger partial charge is 0.429 e. The minimum absolute atomic E-state index is 0.506. The molecule has 4 heteroatoms. The van der Waals surface area contributed by atoms with Crippen molar-refractivity contribution in [3.63, 3.8) is 0 Å². The summed E-state index contributed by atoms with van der Waals surface area (Å²) < 4.78 is 6.16. The number of nitrogens with one attached hydrogen (secondary N) is 1. The SMILES string of the molecule is CC1(OC(=O)Nc2cc(Br)cc3c#cccc23)C#CC1. The van der Waals surface area contributed by atoms with Crippen LogP contribution in [-0.2, 0) is 4.74 Å². The average Bonchev–Trinajstić information content (AvgIpc) is 2.36. The summed E-state index contributed by atoms with van der Waals surface area (Å²) in [6.07, 6.45) is 0.0660. The number of anilines is 1. The topological polar surface area (TPSA) is 38.3 Å². The second kappa shape index (κ2) is 4.74. The van der Waals surface area contributed by atoms with Crippen LogP contribution in [0.2, 0.25) is 0 Å². The molecule has 20 heavy (non-hydrogen) atoms. The van der Waals surface area contributed by atoms with Gasteiger partial charge >= 0.3 is 6.09 Å². The van der Waals surface area contributed by atoms with E-state index in [4.69, 9.17) is 4.74 Å². The lowest BCUT2D eigenvalue weighted by molar-refractivity contribution is 0.0741. The van der Waals surface area contributed by atoms with E-state index in [0.717, 1.165) is 15.2 Å². The van der Waals surface area contributed by atoms with Gasteiger partial charge in [0.05, 0.1) is 12.1 Å². The first kappa shape index (κ1) is 12.8. The Morgan fingerprint density at radius 2 is 2.30 bits per heavy atom. The van der Waals surface area contributed by atoms with Crippen molar-refractivity contribution in [2.24, 2.45) is 0 Å². The minimum atomic E-state index is -0.661. The van der Waals surface area contributed by atoms with Crippen molar-refractivity contribution in [2.45, 2.75) is 18.9 Å². The molecule has 0 radical (unpaired) electrons. The molecule has 0 saturated carbocycles. The van der Waals surface area contributed by atoms with E-state index in [1.165, 1.54) is 0 Å². The van der Waals surface area contributed by atoms with Gasteiger partial charge < -0.3 is 4.74 Å². The Morgan fingerprint density at radius 1 is 1.50 bits per heavy atom. The lowest BCUT2D eigenvalue weighted by atomic mass is 9.95. The molecule has 2 aromatic rings. The Bertz CT molecular complexity index is 760. The first-order valence-electron chi connectivity index (χ1n) is 6.07. The number of hydrogen-bond donors (Lipinski definition) is 1. The molecule has 1 unspecified atom stereocenters. The van der Waals surface area contributed by atoms with Crippen LogP contribution in [0, 0.1) is 24.0 Å². The molecule has 0 bridgehead atoms. The van der Waals surface area contributed by atoms with Crippen LogP contribution in [0.25, 0.3) is 10.8 Å². The Morgan fingerprint density at radius 3 is 3.00 bits per heavy atom. The second-order valence-corrected chi connectivity index (χ2v) is 5.66. The lowest BCUT2D eigenvalue weighted by Gasteiger charge is -2.26. The third-order valence-corrected chi connectivity index (χ3v) is 3.48. The van der Waals surface area contributed by atoms with Crippen molar-refractivity contribution in [3.8, 4) is 11.8 Å². The molecule has 2 aromatic carbocycles. The van der Waals surface area contributed by atoms with E-state index >= 15 is 0 Å². The van der Waals surface area contributed by atoms with Gasteiger partial charge in [-0.3, -0.25) is 5.32 Å². The van der Waals surface area contributed by atoms with Crippen LogP contribution in [0.15, 0.2) is 28.7 Å². The van der Waals surface area contributed by atoms with Gasteiger partial charge in [-0.05, 0) is 31.2 Å². The molecule has 1 N–H and O–H groups in total. The fourth-order valence-electron chi connectivity index (χ4n) is 1.99. The molecule has 3 nitrogen and oxygen atoms in total. The number of benzene rings is 1. The first-order valence-corrected chi connectivity index (χ1v) is 6.87. The van der Waals surface area contributed by atoms with Gasteiger partial charge in [-0.2, -0.15) is 0 Å². The molecule has 0 aliphatic heterocycles. The molecule has 3 rings (SSSR count). The van der Waals surface area contributed by atoms with E-state index < -0.39 is 11.7 Å². The molecule has 0 fully saturated rings. The van der Waals surface area contributed by atoms with E-state index in [9.17, 15) is 4.79 Å². The summed E-state index contributed by atoms with van der Waals surface area (Å²) in [4.78, 5) is 11.9. The lowest BCUT2D eigenvalue weighted by Crippen LogP contribution is -2.35. The molecule has 0 aromatic heterocycles. The summed E-state index contributed by atoms with van der Waals surface area (Å²) in [5.74, 6) is 5.67. The molecule has 0 saturated heterocycles. The second-order valence-electron chi connectivity index (χ2n) is 4.74. The zero-order chi connectivity index (χ0) is 14.2. The predicted molar refractivity (Wildman–Crippen MR) is 80.2 cm³/mol. The van der Waals surface area contributed by atoms with Crippen LogP contribution in [0.1, 0.15) is 13.3 Å². The minimum Gasteiger partial charge on any atom is -0.429 e. The normalized spacial score (nSPS) is 19.3. The number of rotatable bonds is 2. The van der Waals surface area contributed by atoms with Crippen molar-refractivity contribution in [1.29, 1.82) is 0 Å². The smallest absolute Gasteiger partial charge is 0.413 e. The number of amides is 1. The van der Waals surface area contributed by atoms with Crippen LogP contribution < -0.4 is 5.32 Å². The molecule has 98 valence electrons. The van der Waals surface area contributed by atoms with Gasteiger partial charge in [-0.15, -0.1) is 0 Å². The standard InChI is InChI=1S/C16H10BrNO2/c1-16(7-4-8-16)20-15(19)18-14-10-12(17)9-11-5-2-3-6-13(11)14/h3,6,9-10H,7H2,1H3,(H,18,19). The monoisotopic (exact) mass is 327 g/mol. The Hall–Kier alpha value is -2.17. The number of fused-ring (bicyclic) bond motifs is 1. The molecule has 1 aliphatic rings. The number of ether oxygens (including phenoxy) is 1. The summed E-state index contributed by atoms with van der Waals surface area (Å²) >= 11 is 3.41. The Labute approximate surface area is 125 Å². The molecule has 1 aliphatic carbocycles. The summed E-state index contributed by atoms with van der Waals surface area (Å²) in [6.45, 7) is 1.80. The maximum atomic E-state index is 11.9. The maximum Gasteiger partial charge on any atom is 0.413 e. The third-order valence-electron chi connectivity index (χ3n) is 3.02. The van der Waals surface area contributed by atoms with Crippen molar-refractivity contribution in [1.82, 2.24) is 0 Å². The van der Waals surface area contributed by atoms with E-state index in [-0.39, 0.29) is 0 Å². The van der Waals surface area contributed by atoms with Crippen molar-refractivity contribution < 1.29 is 9.53 Å². The summed E-state index contributed by atoms with van der Waals surface area (Å²) in [6, 6.07) is 13.3. The number of carbonyl (C=O) groups is 1. The zero-order valence-electron chi connectivity index (χ0n) is 10.7. The van der Waals surface area contributed by atoms with E-state index in [2.05, 4.69) is 45.2 Å². The highest BCUT2D eigenvalue weighted by Crippen LogP contribution is 2.28. The first-order chi connectivity index (χ1) is 9.56. The number of carbonyl (C=O) groups excluding carboxylic acids is 1. The zero-order valence-corrected chi connectivity index (χ0v) is 12.3. The van der Waals surface area contributed by atoms with Crippen molar-refractivity contribution in [2.75, 3.05) is 5.32 Å². The summed E-state index contributed by atoms with van der Waals surface area (Å²) in [7, 11) is 0. The highest BCUT2D eigenvalue weighted by atomic mass is 79.9. The van der Waals surface area contributed by atoms with Gasteiger partial charge in [0.25, 0.3) is 0 Å². The van der Waals surface area contributed by atoms with E-state index in [0.29, 0.717) is 12.1 Å². The molecular weight excluding hydrogens is 318 g/mol. The van der Waals surface area contributed by atoms with Gasteiger partial charge in [0.15, 0.2) is 5.60 Å². The van der Waals surface area contributed by atoms with Crippen LogP contribution in [0.4, 0.5) is 10.5 Å². The van der Waals surface area contributed by atoms with Crippen LogP contribution in [0.5, 0.6) is 0 Å². The van der Waals surface area contributed by atoms with Gasteiger partial charge in [0.1, 0.15) is 0 Å².